The van der Waals surface area contributed by atoms with Gasteiger partial charge in [-0.2, -0.15) is 0 Å². The Balaban J connectivity index is 0.000000175. The molecule has 44 heavy (non-hydrogen) atoms. The molecule has 0 bridgehead atoms. The van der Waals surface area contributed by atoms with E-state index < -0.39 is 11.2 Å². The monoisotopic (exact) mass is 600 g/mol. The highest BCUT2D eigenvalue weighted by Gasteiger charge is 2.45. The third-order valence-corrected chi connectivity index (χ3v) is 8.72. The van der Waals surface area contributed by atoms with Gasteiger partial charge in [0, 0.05) is 59.4 Å². The van der Waals surface area contributed by atoms with Crippen molar-refractivity contribution >= 4 is 0 Å². The number of hydrogen-bond donors (Lipinski definition) is 6. The summed E-state index contributed by atoms with van der Waals surface area (Å²) in [5.74, 6) is 1.56. The van der Waals surface area contributed by atoms with Crippen LogP contribution in [0.4, 0.5) is 0 Å². The lowest BCUT2D eigenvalue weighted by Crippen LogP contribution is -2.41. The van der Waals surface area contributed by atoms with Crippen LogP contribution in [0.2, 0.25) is 0 Å². The lowest BCUT2D eigenvalue weighted by molar-refractivity contribution is 0.0297. The molecule has 2 unspecified atom stereocenters. The quantitative estimate of drug-likeness (QED) is 0.139. The topological polar surface area (TPSA) is 140 Å². The smallest absolute Gasteiger partial charge is 0.136 e. The van der Waals surface area contributed by atoms with Crippen LogP contribution < -0.4 is 9.47 Å². The number of phenolic OH excluding ortho intramolecular Hbond substituents is 6. The van der Waals surface area contributed by atoms with Crippen molar-refractivity contribution in [3.8, 4) is 46.0 Å². The summed E-state index contributed by atoms with van der Waals surface area (Å²) in [6.07, 6.45) is 1.33. The molecule has 6 rings (SSSR count). The average Bonchev–Trinajstić information content (AvgIpc) is 2.86. The van der Waals surface area contributed by atoms with Crippen LogP contribution in [0.5, 0.6) is 46.0 Å². The van der Waals surface area contributed by atoms with Crippen LogP contribution in [0.3, 0.4) is 0 Å². The Labute approximate surface area is 257 Å². The Morgan fingerprint density at radius 1 is 0.432 bits per heavy atom. The minimum absolute atomic E-state index is 0.00176. The minimum Gasteiger partial charge on any atom is -0.508 e. The molecule has 0 aromatic heterocycles. The first-order valence-electron chi connectivity index (χ1n) is 14.5. The molecule has 4 aromatic carbocycles. The first kappa shape index (κ1) is 30.7. The number of ether oxygens (including phenoxy) is 2. The molecule has 0 aliphatic carbocycles. The van der Waals surface area contributed by atoms with Crippen LogP contribution in [0.15, 0.2) is 72.8 Å². The molecule has 0 amide bonds. The van der Waals surface area contributed by atoms with E-state index >= 15 is 0 Å². The molecule has 232 valence electrons. The van der Waals surface area contributed by atoms with E-state index in [1.807, 2.05) is 26.0 Å². The fraction of sp³-hybridized carbons (Fsp3) is 0.333. The van der Waals surface area contributed by atoms with E-state index in [1.165, 1.54) is 24.3 Å². The molecule has 2 heterocycles. The molecular weight excluding hydrogens is 560 g/mol. The van der Waals surface area contributed by atoms with E-state index in [4.69, 9.17) is 9.47 Å². The van der Waals surface area contributed by atoms with Gasteiger partial charge in [-0.15, -0.1) is 0 Å². The average molecular weight is 601 g/mol. The first-order chi connectivity index (χ1) is 20.4. The van der Waals surface area contributed by atoms with Gasteiger partial charge in [-0.3, -0.25) is 0 Å². The van der Waals surface area contributed by atoms with Gasteiger partial charge in [-0.25, -0.2) is 0 Å². The van der Waals surface area contributed by atoms with Gasteiger partial charge >= 0.3 is 0 Å². The number of aromatic hydroxyl groups is 6. The van der Waals surface area contributed by atoms with Gasteiger partial charge in [0.15, 0.2) is 0 Å². The van der Waals surface area contributed by atoms with Crippen LogP contribution >= 0.6 is 0 Å². The molecule has 0 saturated carbocycles. The van der Waals surface area contributed by atoms with Gasteiger partial charge in [-0.1, -0.05) is 39.8 Å². The molecule has 0 fully saturated rings. The van der Waals surface area contributed by atoms with Crippen LogP contribution in [-0.2, 0) is 22.0 Å². The number of phenols is 6. The molecule has 0 radical (unpaired) electrons. The standard InChI is InChI=1S/2C18H20O4/c2*1-17(2)10-18(3,13-6-4-11(19)8-15(13)21)22-16-9-12(20)5-7-14(16)17/h2*4-9,19-21H,10H2,1-3H3. The van der Waals surface area contributed by atoms with Crippen molar-refractivity contribution in [2.24, 2.45) is 0 Å². The molecular formula is C36H40O8. The second-order valence-corrected chi connectivity index (χ2v) is 13.6. The zero-order valence-electron chi connectivity index (χ0n) is 25.8. The van der Waals surface area contributed by atoms with Crippen molar-refractivity contribution in [2.45, 2.75) is 76.4 Å². The maximum Gasteiger partial charge on any atom is 0.136 e. The summed E-state index contributed by atoms with van der Waals surface area (Å²) in [4.78, 5) is 0. The van der Waals surface area contributed by atoms with Crippen LogP contribution in [0, 0.1) is 0 Å². The fourth-order valence-corrected chi connectivity index (χ4v) is 6.98. The van der Waals surface area contributed by atoms with E-state index in [1.54, 1.807) is 36.4 Å². The van der Waals surface area contributed by atoms with Gasteiger partial charge in [0.2, 0.25) is 0 Å². The lowest BCUT2D eigenvalue weighted by Gasteiger charge is -2.44. The van der Waals surface area contributed by atoms with Crippen molar-refractivity contribution in [1.29, 1.82) is 0 Å². The van der Waals surface area contributed by atoms with Crippen LogP contribution in [0.25, 0.3) is 0 Å². The molecule has 2 aliphatic heterocycles. The summed E-state index contributed by atoms with van der Waals surface area (Å²) in [7, 11) is 0. The summed E-state index contributed by atoms with van der Waals surface area (Å²) in [6, 6.07) is 19.3. The highest BCUT2D eigenvalue weighted by molar-refractivity contribution is 5.51. The Bertz CT molecular complexity index is 1600. The second kappa shape index (κ2) is 10.5. The summed E-state index contributed by atoms with van der Waals surface area (Å²) in [5.41, 5.74) is 1.44. The van der Waals surface area contributed by atoms with Gasteiger partial charge in [0.05, 0.1) is 0 Å². The molecule has 0 saturated heterocycles. The number of hydrogen-bond acceptors (Lipinski definition) is 8. The molecule has 2 atom stereocenters. The maximum atomic E-state index is 10.2. The van der Waals surface area contributed by atoms with Gasteiger partial charge in [0.25, 0.3) is 0 Å². The van der Waals surface area contributed by atoms with Gasteiger partial charge in [-0.05, 0) is 61.1 Å². The van der Waals surface area contributed by atoms with Crippen molar-refractivity contribution in [2.75, 3.05) is 0 Å². The lowest BCUT2D eigenvalue weighted by atomic mass is 9.71. The minimum atomic E-state index is -0.748. The molecule has 6 N–H and O–H groups in total. The summed E-state index contributed by atoms with van der Waals surface area (Å²) >= 11 is 0. The predicted octanol–water partition coefficient (Wildman–Crippen LogP) is 7.56. The molecule has 8 nitrogen and oxygen atoms in total. The van der Waals surface area contributed by atoms with E-state index in [2.05, 4.69) is 27.7 Å². The first-order valence-corrected chi connectivity index (χ1v) is 14.5. The van der Waals surface area contributed by atoms with Crippen molar-refractivity contribution in [3.05, 3.63) is 95.1 Å². The maximum absolute atomic E-state index is 10.2. The predicted molar refractivity (Wildman–Crippen MR) is 167 cm³/mol. The SMILES string of the molecule is CC1(C)CC(C)(c2ccc(O)cc2O)Oc2cc(O)ccc21.CC1(C)CC(C)(c2ccc(O)cc2O)Oc2cc(O)ccc21. The van der Waals surface area contributed by atoms with Crippen LogP contribution in [-0.4, -0.2) is 30.6 Å². The number of rotatable bonds is 2. The summed E-state index contributed by atoms with van der Waals surface area (Å²) < 4.78 is 12.3. The molecule has 2 aliphatic rings. The van der Waals surface area contributed by atoms with Gasteiger partial charge < -0.3 is 40.1 Å². The molecule has 4 aromatic rings. The highest BCUT2D eigenvalue weighted by Crippen LogP contribution is 2.52. The Morgan fingerprint density at radius 3 is 1.05 bits per heavy atom. The van der Waals surface area contributed by atoms with Crippen LogP contribution in [0.1, 0.15) is 76.6 Å². The van der Waals surface area contributed by atoms with E-state index in [0.29, 0.717) is 35.5 Å². The highest BCUT2D eigenvalue weighted by atomic mass is 16.5. The summed E-state index contributed by atoms with van der Waals surface area (Å²) in [6.45, 7) is 12.3. The molecule has 0 spiro atoms. The van der Waals surface area contributed by atoms with Crippen molar-refractivity contribution < 1.29 is 40.1 Å². The van der Waals surface area contributed by atoms with E-state index in [9.17, 15) is 30.6 Å². The second-order valence-electron chi connectivity index (χ2n) is 13.6. The number of benzene rings is 4. The largest absolute Gasteiger partial charge is 0.508 e. The summed E-state index contributed by atoms with van der Waals surface area (Å²) in [5, 5.41) is 58.8. The van der Waals surface area contributed by atoms with Crippen molar-refractivity contribution in [3.63, 3.8) is 0 Å². The van der Waals surface area contributed by atoms with Crippen molar-refractivity contribution in [1.82, 2.24) is 0 Å². The third-order valence-electron chi connectivity index (χ3n) is 8.72. The zero-order chi connectivity index (χ0) is 32.2. The van der Waals surface area contributed by atoms with E-state index in [-0.39, 0.29) is 45.3 Å². The molecule has 8 heteroatoms. The Hall–Kier alpha value is -4.72. The normalized spacial score (nSPS) is 22.7. The Kier molecular flexibility index (Phi) is 7.31. The number of fused-ring (bicyclic) bond motifs is 2. The van der Waals surface area contributed by atoms with Gasteiger partial charge in [0.1, 0.15) is 57.2 Å². The zero-order valence-corrected chi connectivity index (χ0v) is 25.8. The fourth-order valence-electron chi connectivity index (χ4n) is 6.98. The Morgan fingerprint density at radius 2 is 0.727 bits per heavy atom. The third kappa shape index (κ3) is 5.64. The van der Waals surface area contributed by atoms with E-state index in [0.717, 1.165) is 11.1 Å².